The van der Waals surface area contributed by atoms with E-state index >= 15 is 0 Å². The van der Waals surface area contributed by atoms with Gasteiger partial charge in [0.25, 0.3) is 9.42 Å². The summed E-state index contributed by atoms with van der Waals surface area (Å²) in [6.07, 6.45) is -0.0693. The number of hydrogen-bond acceptors (Lipinski definition) is 15. The van der Waals surface area contributed by atoms with E-state index in [1.807, 2.05) is 42.5 Å². The molecule has 0 bridgehead atoms. The first kappa shape index (κ1) is 34.0. The minimum atomic E-state index is -7.33. The van der Waals surface area contributed by atoms with Gasteiger partial charge in [0.15, 0.2) is 4.87 Å². The van der Waals surface area contributed by atoms with Gasteiger partial charge in [0.2, 0.25) is 0 Å². The number of ether oxygens (including phenoxy) is 2. The van der Waals surface area contributed by atoms with Gasteiger partial charge in [0.1, 0.15) is 0 Å². The van der Waals surface area contributed by atoms with E-state index in [2.05, 4.69) is 34.2 Å². The Hall–Kier alpha value is -5.15. The molecule has 2 aromatic carbocycles. The van der Waals surface area contributed by atoms with Gasteiger partial charge >= 0.3 is 46.8 Å². The van der Waals surface area contributed by atoms with Crippen LogP contribution in [0.25, 0.3) is 0 Å². The van der Waals surface area contributed by atoms with Gasteiger partial charge in [-0.2, -0.15) is 0 Å². The number of carbonyl (C=O) groups is 7. The first-order valence-corrected chi connectivity index (χ1v) is 18.9. The van der Waals surface area contributed by atoms with Crippen molar-refractivity contribution in [3.05, 3.63) is 70.7 Å². The first-order valence-electron chi connectivity index (χ1n) is 16.4. The van der Waals surface area contributed by atoms with Crippen LogP contribution >= 0.6 is 21.0 Å². The van der Waals surface area contributed by atoms with E-state index < -0.39 is 67.7 Å². The Labute approximate surface area is 299 Å². The molecule has 2 unspecified atom stereocenters. The van der Waals surface area contributed by atoms with Gasteiger partial charge in [-0.1, -0.05) is 65.9 Å². The van der Waals surface area contributed by atoms with Gasteiger partial charge in [-0.15, -0.1) is 0 Å². The van der Waals surface area contributed by atoms with E-state index in [4.69, 9.17) is 37.8 Å². The summed E-state index contributed by atoms with van der Waals surface area (Å²) < 4.78 is 32.6. The highest BCUT2D eigenvalue weighted by Crippen LogP contribution is 3.11. The highest BCUT2D eigenvalue weighted by atomic mass is 35.5. The summed E-state index contributed by atoms with van der Waals surface area (Å²) in [5.74, 6) is -6.34. The predicted octanol–water partition coefficient (Wildman–Crippen LogP) is 1.35. The van der Waals surface area contributed by atoms with Crippen molar-refractivity contribution < 1.29 is 59.8 Å². The second-order valence-electron chi connectivity index (χ2n) is 13.1. The molecule has 1 N–H and O–H groups in total. The Morgan fingerprint density at radius 2 is 1.29 bits per heavy atom. The number of amides is 1. The monoisotopic (exact) mass is 755 g/mol. The Kier molecular flexibility index (Phi) is 7.30. The predicted molar refractivity (Wildman–Crippen MR) is 176 cm³/mol. The minimum absolute atomic E-state index is 0.0758. The largest absolute Gasteiger partial charge is 0.477 e. The summed E-state index contributed by atoms with van der Waals surface area (Å²) in [5.41, 5.74) is 2.12. The van der Waals surface area contributed by atoms with Crippen LogP contribution in [-0.4, -0.2) is 100 Å². The fourth-order valence-electron chi connectivity index (χ4n) is 8.48. The standard InChI is InChI=1S/C34H30ClN3O13S/c35-23-12-10-22(11-13-23)25(21-8-2-1-3-9-21)24-20-36-16-19-37(24)17-6-7-18-38-32(45)34(46-26(39)27(40)47-34)52(33(38)14-4-5-15-33,48-28(41)29(42)49-52)50-30(43)31(44)51-52/h1-3,8-13,24-25,36H,4-5,14-20H2. The molecule has 18 heteroatoms. The van der Waals surface area contributed by atoms with Crippen LogP contribution in [0, 0.1) is 11.8 Å². The van der Waals surface area contributed by atoms with Gasteiger partial charge < -0.3 is 31.5 Å². The first-order chi connectivity index (χ1) is 24.9. The van der Waals surface area contributed by atoms with E-state index in [9.17, 15) is 33.6 Å². The number of halogens is 1. The van der Waals surface area contributed by atoms with Crippen LogP contribution < -0.4 is 5.32 Å². The van der Waals surface area contributed by atoms with Crippen molar-refractivity contribution in [2.45, 2.75) is 47.6 Å². The van der Waals surface area contributed by atoms with Gasteiger partial charge in [-0.25, -0.2) is 28.8 Å². The average molecular weight is 756 g/mol. The number of benzene rings is 2. The van der Waals surface area contributed by atoms with Crippen molar-refractivity contribution in [3.63, 3.8) is 0 Å². The Morgan fingerprint density at radius 3 is 1.87 bits per heavy atom. The second kappa shape index (κ2) is 11.2. The molecule has 0 radical (unpaired) electrons. The number of rotatable bonds is 5. The lowest BCUT2D eigenvalue weighted by Crippen LogP contribution is -2.66. The fraction of sp³-hybridized carbons (Fsp3) is 0.382. The van der Waals surface area contributed by atoms with E-state index in [0.717, 1.165) is 16.0 Å². The van der Waals surface area contributed by atoms with Crippen molar-refractivity contribution in [2.24, 2.45) is 0 Å². The average Bonchev–Trinajstić information content (AvgIpc) is 3.88. The fourth-order valence-corrected chi connectivity index (χ4v) is 14.8. The molecule has 5 saturated heterocycles. The normalized spacial score (nSPS) is 27.8. The van der Waals surface area contributed by atoms with Crippen LogP contribution in [-0.2, 0) is 59.8 Å². The lowest BCUT2D eigenvalue weighted by Gasteiger charge is -2.71. The molecule has 6 aliphatic rings. The molecule has 2 aromatic rings. The topological polar surface area (TPSA) is 193 Å². The van der Waals surface area contributed by atoms with Crippen LogP contribution in [0.5, 0.6) is 0 Å². The molecule has 272 valence electrons. The zero-order valence-corrected chi connectivity index (χ0v) is 28.8. The van der Waals surface area contributed by atoms with Crippen LogP contribution in [0.3, 0.4) is 0 Å². The highest BCUT2D eigenvalue weighted by molar-refractivity contribution is 8.54. The van der Waals surface area contributed by atoms with Crippen molar-refractivity contribution in [3.8, 4) is 11.8 Å². The van der Waals surface area contributed by atoms with E-state index in [1.54, 1.807) is 0 Å². The minimum Gasteiger partial charge on any atom is -0.389 e. The van der Waals surface area contributed by atoms with Crippen LogP contribution in [0.4, 0.5) is 0 Å². The number of nitrogens with zero attached hydrogens (tertiary/aromatic N) is 2. The summed E-state index contributed by atoms with van der Waals surface area (Å²) in [4.78, 5) is 92.8. The molecule has 0 aromatic heterocycles. The Morgan fingerprint density at radius 1 is 0.750 bits per heavy atom. The summed E-state index contributed by atoms with van der Waals surface area (Å²) in [6, 6.07) is 17.5. The number of hydrogen-bond donors (Lipinski definition) is 1. The maximum Gasteiger partial charge on any atom is 0.477 e. The molecule has 1 aliphatic carbocycles. The zero-order valence-electron chi connectivity index (χ0n) is 27.2. The third-order valence-electron chi connectivity index (χ3n) is 10.6. The number of piperazine rings is 1. The second-order valence-corrected chi connectivity index (χ2v) is 17.8. The lowest BCUT2D eigenvalue weighted by molar-refractivity contribution is -0.178. The maximum absolute atomic E-state index is 14.6. The van der Waals surface area contributed by atoms with E-state index in [0.29, 0.717) is 24.7 Å². The SMILES string of the molecule is O=C1OC2(OC1=O)C(=O)N(CC#CCN1CCNCC1C(c1ccccc1)c1ccc(Cl)cc1)C1(CCCC1)S213(OC(=O)C(=O)O1)OC(=O)C(=O)O3. The van der Waals surface area contributed by atoms with E-state index in [1.165, 1.54) is 0 Å². The molecule has 52 heavy (non-hydrogen) atoms. The van der Waals surface area contributed by atoms with Gasteiger partial charge in [-0.05, 0) is 48.9 Å². The smallest absolute Gasteiger partial charge is 0.389 e. The summed E-state index contributed by atoms with van der Waals surface area (Å²) >= 11 is 6.22. The molecule has 5 heterocycles. The third-order valence-corrected chi connectivity index (χ3v) is 16.7. The van der Waals surface area contributed by atoms with Gasteiger partial charge in [-0.3, -0.25) is 14.6 Å². The third kappa shape index (κ3) is 3.95. The maximum atomic E-state index is 14.6. The number of carbonyl (C=O) groups excluding carboxylic acids is 7. The van der Waals surface area contributed by atoms with Gasteiger partial charge in [0, 0.05) is 36.6 Å². The molecule has 1 amide bonds. The summed E-state index contributed by atoms with van der Waals surface area (Å²) in [5, 5.41) is 0.438. The Bertz CT molecular complexity index is 1960. The summed E-state index contributed by atoms with van der Waals surface area (Å²) in [6.45, 7) is 1.60. The van der Waals surface area contributed by atoms with Crippen LogP contribution in [0.2, 0.25) is 5.02 Å². The Balaban J connectivity index is 1.18. The molecular weight excluding hydrogens is 726 g/mol. The molecule has 8 rings (SSSR count). The highest BCUT2D eigenvalue weighted by Gasteiger charge is 3.11. The molecule has 1 saturated carbocycles. The quantitative estimate of drug-likeness (QED) is 0.261. The summed E-state index contributed by atoms with van der Waals surface area (Å²) in [7, 11) is -7.33. The molecule has 6 fully saturated rings. The molecule has 16 nitrogen and oxygen atoms in total. The molecular formula is C34H30ClN3O13S. The van der Waals surface area contributed by atoms with Crippen molar-refractivity contribution >= 4 is 62.7 Å². The van der Waals surface area contributed by atoms with E-state index in [-0.39, 0.29) is 44.2 Å². The zero-order chi connectivity index (χ0) is 36.6. The van der Waals surface area contributed by atoms with Crippen molar-refractivity contribution in [2.75, 3.05) is 32.7 Å². The number of nitrogens with one attached hydrogen (secondary N) is 1. The van der Waals surface area contributed by atoms with Crippen LogP contribution in [0.1, 0.15) is 42.7 Å². The van der Waals surface area contributed by atoms with Gasteiger partial charge in [0.05, 0.1) is 13.1 Å². The van der Waals surface area contributed by atoms with Crippen molar-refractivity contribution in [1.29, 1.82) is 0 Å². The molecule has 3 spiro atoms. The van der Waals surface area contributed by atoms with Crippen LogP contribution in [0.15, 0.2) is 54.6 Å². The lowest BCUT2D eigenvalue weighted by atomic mass is 9.83. The molecule has 5 aliphatic heterocycles. The molecule has 2 atom stereocenters. The number of esters is 2. The van der Waals surface area contributed by atoms with Crippen molar-refractivity contribution in [1.82, 2.24) is 15.1 Å².